The molecule has 13 heteroatoms. The molecule has 0 bridgehead atoms. The highest BCUT2D eigenvalue weighted by Gasteiger charge is 2.27. The van der Waals surface area contributed by atoms with Crippen LogP contribution in [0.4, 0.5) is 34.8 Å². The second-order valence-electron chi connectivity index (χ2n) is 8.69. The van der Waals surface area contributed by atoms with Crippen LogP contribution < -0.4 is 15.4 Å². The second-order valence-corrected chi connectivity index (χ2v) is 11.2. The lowest BCUT2D eigenvalue weighted by atomic mass is 10.1. The molecule has 0 spiro atoms. The highest BCUT2D eigenvalue weighted by molar-refractivity contribution is 7.95. The van der Waals surface area contributed by atoms with Crippen molar-refractivity contribution < 1.29 is 31.3 Å². The molecule has 1 aliphatic rings. The summed E-state index contributed by atoms with van der Waals surface area (Å²) in [6.07, 6.45) is -4.56. The van der Waals surface area contributed by atoms with Crippen LogP contribution in [0.25, 0.3) is 10.9 Å². The molecule has 1 saturated heterocycles. The van der Waals surface area contributed by atoms with E-state index in [1.54, 1.807) is 12.1 Å². The van der Waals surface area contributed by atoms with E-state index in [-0.39, 0.29) is 11.4 Å². The molecule has 1 aliphatic heterocycles. The van der Waals surface area contributed by atoms with Crippen LogP contribution in [0.1, 0.15) is 25.3 Å². The normalized spacial score (nSPS) is 15.5. The molecule has 198 valence electrons. The van der Waals surface area contributed by atoms with E-state index in [1.165, 1.54) is 25.4 Å². The maximum absolute atomic E-state index is 14.0. The van der Waals surface area contributed by atoms with Crippen LogP contribution in [0.3, 0.4) is 0 Å². The van der Waals surface area contributed by atoms with E-state index in [9.17, 15) is 26.6 Å². The maximum atomic E-state index is 14.0. The quantitative estimate of drug-likeness (QED) is 0.383. The zero-order valence-corrected chi connectivity index (χ0v) is 20.9. The SMILES string of the molecule is Cc1cc(N=S2(=O)CCC2)cc2ncnc(Nc3ccc(F)cc3O[C@H](C)C(=O)NCCC(F)(F)F)c12. The largest absolute Gasteiger partial charge is 0.479 e. The fourth-order valence-electron chi connectivity index (χ4n) is 3.73. The van der Waals surface area contributed by atoms with E-state index in [4.69, 9.17) is 4.74 Å². The van der Waals surface area contributed by atoms with Gasteiger partial charge in [0.25, 0.3) is 5.91 Å². The van der Waals surface area contributed by atoms with Gasteiger partial charge in [-0.3, -0.25) is 4.79 Å². The van der Waals surface area contributed by atoms with Gasteiger partial charge in [0.2, 0.25) is 0 Å². The molecule has 2 heterocycles. The average molecular weight is 540 g/mol. The van der Waals surface area contributed by atoms with Crippen molar-refractivity contribution in [2.24, 2.45) is 4.36 Å². The zero-order valence-electron chi connectivity index (χ0n) is 20.1. The van der Waals surface area contributed by atoms with Gasteiger partial charge in [0.1, 0.15) is 23.7 Å². The third-order valence-corrected chi connectivity index (χ3v) is 8.09. The number of nitrogens with one attached hydrogen (secondary N) is 2. The number of anilines is 2. The summed E-state index contributed by atoms with van der Waals surface area (Å²) in [5.41, 5.74) is 2.17. The summed E-state index contributed by atoms with van der Waals surface area (Å²) >= 11 is 0. The highest BCUT2D eigenvalue weighted by Crippen LogP contribution is 2.34. The number of carbonyl (C=O) groups is 1. The third kappa shape index (κ3) is 6.64. The topological polar surface area (TPSA) is 106 Å². The smallest absolute Gasteiger partial charge is 0.390 e. The highest BCUT2D eigenvalue weighted by atomic mass is 32.2. The molecule has 2 N–H and O–H groups in total. The Morgan fingerprint density at radius 2 is 1.97 bits per heavy atom. The predicted molar refractivity (Wildman–Crippen MR) is 132 cm³/mol. The number of rotatable bonds is 8. The molecular weight excluding hydrogens is 514 g/mol. The fourth-order valence-corrected chi connectivity index (χ4v) is 5.19. The number of aromatic nitrogens is 2. The summed E-state index contributed by atoms with van der Waals surface area (Å²) in [4.78, 5) is 20.8. The molecule has 3 aromatic rings. The van der Waals surface area contributed by atoms with Gasteiger partial charge in [0.05, 0.1) is 33.0 Å². The monoisotopic (exact) mass is 539 g/mol. The fraction of sp³-hybridized carbons (Fsp3) is 0.375. The number of aryl methyl sites for hydroxylation is 1. The molecule has 0 unspecified atom stereocenters. The maximum Gasteiger partial charge on any atom is 0.390 e. The van der Waals surface area contributed by atoms with Crippen molar-refractivity contribution in [3.63, 3.8) is 0 Å². The predicted octanol–water partition coefficient (Wildman–Crippen LogP) is 5.16. The van der Waals surface area contributed by atoms with Crippen LogP contribution in [0.5, 0.6) is 5.75 Å². The van der Waals surface area contributed by atoms with Gasteiger partial charge in [0.15, 0.2) is 6.10 Å². The van der Waals surface area contributed by atoms with Crippen molar-refractivity contribution in [3.8, 4) is 5.75 Å². The summed E-state index contributed by atoms with van der Waals surface area (Å²) < 4.78 is 73.6. The molecule has 1 aromatic heterocycles. The lowest BCUT2D eigenvalue weighted by molar-refractivity contribution is -0.137. The minimum atomic E-state index is -4.40. The van der Waals surface area contributed by atoms with Gasteiger partial charge in [-0.1, -0.05) is 0 Å². The van der Waals surface area contributed by atoms with Crippen LogP contribution >= 0.6 is 0 Å². The van der Waals surface area contributed by atoms with Crippen molar-refractivity contribution >= 4 is 43.7 Å². The summed E-state index contributed by atoms with van der Waals surface area (Å²) in [5.74, 6) is 0.0885. The molecule has 1 atom stereocenters. The van der Waals surface area contributed by atoms with Crippen molar-refractivity contribution in [1.29, 1.82) is 0 Å². The minimum absolute atomic E-state index is 0.0311. The summed E-state index contributed by atoms with van der Waals surface area (Å²) in [6.45, 7) is 2.58. The minimum Gasteiger partial charge on any atom is -0.479 e. The molecule has 37 heavy (non-hydrogen) atoms. The number of nitrogens with zero attached hydrogens (tertiary/aromatic N) is 3. The molecule has 0 aliphatic carbocycles. The molecule has 0 radical (unpaired) electrons. The van der Waals surface area contributed by atoms with E-state index in [1.807, 2.05) is 6.92 Å². The third-order valence-electron chi connectivity index (χ3n) is 5.70. The Morgan fingerprint density at radius 1 is 1.22 bits per heavy atom. The van der Waals surface area contributed by atoms with E-state index >= 15 is 0 Å². The second kappa shape index (κ2) is 10.5. The lowest BCUT2D eigenvalue weighted by Gasteiger charge is -2.19. The first-order chi connectivity index (χ1) is 17.4. The van der Waals surface area contributed by atoms with Gasteiger partial charge in [-0.25, -0.2) is 18.6 Å². The van der Waals surface area contributed by atoms with Gasteiger partial charge in [-0.2, -0.15) is 17.5 Å². The number of halogens is 4. The summed E-state index contributed by atoms with van der Waals surface area (Å²) in [7, 11) is -2.20. The van der Waals surface area contributed by atoms with Crippen molar-refractivity contribution in [1.82, 2.24) is 15.3 Å². The number of benzene rings is 2. The van der Waals surface area contributed by atoms with E-state index in [0.717, 1.165) is 18.1 Å². The first-order valence-corrected chi connectivity index (χ1v) is 13.3. The lowest BCUT2D eigenvalue weighted by Crippen LogP contribution is -2.38. The first kappa shape index (κ1) is 26.6. The Kier molecular flexibility index (Phi) is 7.53. The van der Waals surface area contributed by atoms with Crippen LogP contribution in [-0.4, -0.2) is 50.4 Å². The molecule has 1 amide bonds. The van der Waals surface area contributed by atoms with Crippen LogP contribution in [0.2, 0.25) is 0 Å². The number of amides is 1. The summed E-state index contributed by atoms with van der Waals surface area (Å²) in [6, 6.07) is 7.15. The van der Waals surface area contributed by atoms with Crippen LogP contribution in [0.15, 0.2) is 41.0 Å². The average Bonchev–Trinajstić information content (AvgIpc) is 2.78. The summed E-state index contributed by atoms with van der Waals surface area (Å²) in [5, 5.41) is 5.88. The van der Waals surface area contributed by atoms with E-state index in [0.29, 0.717) is 33.9 Å². The number of carbonyl (C=O) groups excluding carboxylic acids is 1. The van der Waals surface area contributed by atoms with Gasteiger partial charge in [0, 0.05) is 29.5 Å². The zero-order chi connectivity index (χ0) is 26.8. The number of hydrogen-bond donors (Lipinski definition) is 2. The Bertz CT molecular complexity index is 1440. The molecule has 8 nitrogen and oxygen atoms in total. The van der Waals surface area contributed by atoms with Crippen LogP contribution in [0, 0.1) is 12.7 Å². The van der Waals surface area contributed by atoms with E-state index in [2.05, 4.69) is 25.0 Å². The van der Waals surface area contributed by atoms with Gasteiger partial charge < -0.3 is 15.4 Å². The number of fused-ring (bicyclic) bond motifs is 1. The van der Waals surface area contributed by atoms with Crippen molar-refractivity contribution in [2.75, 3.05) is 23.4 Å². The Labute approximate surface area is 211 Å². The van der Waals surface area contributed by atoms with Crippen molar-refractivity contribution in [2.45, 2.75) is 39.0 Å². The Morgan fingerprint density at radius 3 is 2.65 bits per heavy atom. The molecular formula is C24H25F4N5O3S. The molecule has 0 saturated carbocycles. The number of alkyl halides is 3. The molecule has 4 rings (SSSR count). The van der Waals surface area contributed by atoms with Gasteiger partial charge in [-0.15, -0.1) is 0 Å². The number of ether oxygens (including phenoxy) is 1. The van der Waals surface area contributed by atoms with Gasteiger partial charge >= 0.3 is 6.18 Å². The Balaban J connectivity index is 1.57. The number of hydrogen-bond acceptors (Lipinski definition) is 7. The van der Waals surface area contributed by atoms with Crippen molar-refractivity contribution in [3.05, 3.63) is 48.0 Å². The van der Waals surface area contributed by atoms with Crippen LogP contribution in [-0.2, 0) is 14.5 Å². The van der Waals surface area contributed by atoms with Gasteiger partial charge in [-0.05, 0) is 50.1 Å². The Hall–Kier alpha value is -3.48. The molecule has 2 aromatic carbocycles. The standard InChI is InChI=1S/C24H25F4N5O3S/c1-14-10-17(33-37(35)8-3-9-37)12-19-21(14)22(31-13-30-19)32-18-5-4-16(25)11-20(18)36-15(2)23(34)29-7-6-24(26,27)28/h4-5,10-13,15H,3,6-9H2,1-2H3,(H,29,34)(H,30,31,32)/t15-/m1/s1. The van der Waals surface area contributed by atoms with E-state index < -0.39 is 46.7 Å². The molecule has 1 fully saturated rings. The first-order valence-electron chi connectivity index (χ1n) is 11.5.